The Morgan fingerprint density at radius 3 is 2.70 bits per heavy atom. The van der Waals surface area contributed by atoms with Gasteiger partial charge in [0, 0.05) is 24.5 Å². The fourth-order valence-corrected chi connectivity index (χ4v) is 3.78. The summed E-state index contributed by atoms with van der Waals surface area (Å²) in [4.78, 5) is 14.4. The summed E-state index contributed by atoms with van der Waals surface area (Å²) < 4.78 is 7.36. The number of benzene rings is 1. The van der Waals surface area contributed by atoms with Crippen LogP contribution in [0.5, 0.6) is 0 Å². The minimum Gasteiger partial charge on any atom is -0.444 e. The van der Waals surface area contributed by atoms with Crippen molar-refractivity contribution in [2.24, 2.45) is 0 Å². The molecule has 0 unspecified atom stereocenters. The van der Waals surface area contributed by atoms with Crippen molar-refractivity contribution in [3.8, 4) is 0 Å². The molecule has 1 saturated heterocycles. The van der Waals surface area contributed by atoms with Gasteiger partial charge in [-0.3, -0.25) is 4.68 Å². The summed E-state index contributed by atoms with van der Waals surface area (Å²) in [5, 5.41) is 19.1. The van der Waals surface area contributed by atoms with Gasteiger partial charge in [-0.25, -0.2) is 4.79 Å². The minimum absolute atomic E-state index is 0.0607. The number of nitrogens with zero attached hydrogens (tertiary/aromatic N) is 3. The summed E-state index contributed by atoms with van der Waals surface area (Å²) >= 11 is 0. The quantitative estimate of drug-likeness (QED) is 0.657. The molecular formula is C22H35N5O3. The summed E-state index contributed by atoms with van der Waals surface area (Å²) in [6, 6.07) is 3.84. The molecule has 3 rings (SSSR count). The first-order chi connectivity index (χ1) is 13.9. The van der Waals surface area contributed by atoms with Gasteiger partial charge >= 0.3 is 6.09 Å². The molecule has 1 aliphatic rings. The van der Waals surface area contributed by atoms with Crippen molar-refractivity contribution >= 4 is 28.4 Å². The van der Waals surface area contributed by atoms with Crippen LogP contribution in [0, 0.1) is 0 Å². The smallest absolute Gasteiger partial charge is 0.410 e. The third-order valence-corrected chi connectivity index (χ3v) is 5.07. The molecule has 8 nitrogen and oxygen atoms in total. The highest BCUT2D eigenvalue weighted by atomic mass is 16.6. The average molecular weight is 418 g/mol. The van der Waals surface area contributed by atoms with Crippen LogP contribution in [0.3, 0.4) is 0 Å². The largest absolute Gasteiger partial charge is 0.444 e. The predicted octanol–water partition coefficient (Wildman–Crippen LogP) is 3.59. The zero-order valence-electron chi connectivity index (χ0n) is 18.7. The van der Waals surface area contributed by atoms with Gasteiger partial charge in [0.25, 0.3) is 0 Å². The van der Waals surface area contributed by atoms with E-state index in [1.54, 1.807) is 29.6 Å². The lowest BCUT2D eigenvalue weighted by Crippen LogP contribution is -2.42. The molecule has 0 saturated carbocycles. The van der Waals surface area contributed by atoms with Gasteiger partial charge < -0.3 is 25.8 Å². The van der Waals surface area contributed by atoms with E-state index in [2.05, 4.69) is 10.4 Å². The first-order valence-corrected chi connectivity index (χ1v) is 10.6. The monoisotopic (exact) mass is 417 g/mol. The second kappa shape index (κ2) is 8.34. The first-order valence-electron chi connectivity index (χ1n) is 10.6. The highest BCUT2D eigenvalue weighted by Gasteiger charge is 2.27. The fraction of sp³-hybridized carbons (Fsp3) is 0.636. The fourth-order valence-electron chi connectivity index (χ4n) is 3.78. The normalized spacial score (nSPS) is 18.3. The van der Waals surface area contributed by atoms with Gasteiger partial charge in [-0.15, -0.1) is 0 Å². The molecule has 1 atom stereocenters. The first kappa shape index (κ1) is 22.2. The number of likely N-dealkylation sites (tertiary alicyclic amines) is 1. The van der Waals surface area contributed by atoms with E-state index < -0.39 is 11.2 Å². The van der Waals surface area contributed by atoms with Gasteiger partial charge in [0.2, 0.25) is 0 Å². The second-order valence-electron chi connectivity index (χ2n) is 9.84. The van der Waals surface area contributed by atoms with E-state index in [0.717, 1.165) is 35.9 Å². The Balaban J connectivity index is 1.82. The molecular weight excluding hydrogens is 382 g/mol. The maximum absolute atomic E-state index is 12.6. The van der Waals surface area contributed by atoms with Crippen LogP contribution in [0.1, 0.15) is 53.9 Å². The Morgan fingerprint density at radius 1 is 1.30 bits per heavy atom. The van der Waals surface area contributed by atoms with E-state index in [-0.39, 0.29) is 12.1 Å². The number of rotatable bonds is 4. The molecule has 0 bridgehead atoms. The van der Waals surface area contributed by atoms with Crippen LogP contribution < -0.4 is 11.1 Å². The highest BCUT2D eigenvalue weighted by Crippen LogP contribution is 2.31. The van der Waals surface area contributed by atoms with Crippen molar-refractivity contribution in [1.29, 1.82) is 0 Å². The molecule has 8 heteroatoms. The number of hydrogen-bond donors (Lipinski definition) is 3. The maximum atomic E-state index is 12.6. The standard InChI is InChI=1S/C22H35N5O3/c1-21(2,3)30-20(28)26-11-7-6-8-15(13-26)25-19-16-12-24-27(14-22(4,5)29)18(16)10-9-17(19)23/h9-10,12,15,25,29H,6-8,11,13-14,23H2,1-5H3/t15-/m1/s1. The molecule has 1 aromatic heterocycles. The van der Waals surface area contributed by atoms with Gasteiger partial charge in [0.15, 0.2) is 0 Å². The lowest BCUT2D eigenvalue weighted by molar-refractivity contribution is 0.0252. The number of fused-ring (bicyclic) bond motifs is 1. The topological polar surface area (TPSA) is 106 Å². The molecule has 0 spiro atoms. The molecule has 166 valence electrons. The van der Waals surface area contributed by atoms with Crippen molar-refractivity contribution < 1.29 is 14.6 Å². The van der Waals surface area contributed by atoms with E-state index in [4.69, 9.17) is 10.5 Å². The molecule has 0 radical (unpaired) electrons. The zero-order chi connectivity index (χ0) is 22.1. The van der Waals surface area contributed by atoms with E-state index in [0.29, 0.717) is 25.3 Å². The molecule has 2 heterocycles. The number of nitrogen functional groups attached to an aromatic ring is 1. The molecule has 1 fully saturated rings. The van der Waals surface area contributed by atoms with Crippen molar-refractivity contribution in [1.82, 2.24) is 14.7 Å². The van der Waals surface area contributed by atoms with Crippen LogP contribution in [0.2, 0.25) is 0 Å². The van der Waals surface area contributed by atoms with Crippen molar-refractivity contribution in [2.45, 2.75) is 77.7 Å². The van der Waals surface area contributed by atoms with Crippen molar-refractivity contribution in [2.75, 3.05) is 24.1 Å². The van der Waals surface area contributed by atoms with Crippen LogP contribution >= 0.6 is 0 Å². The van der Waals surface area contributed by atoms with E-state index >= 15 is 0 Å². The van der Waals surface area contributed by atoms with Crippen molar-refractivity contribution in [3.63, 3.8) is 0 Å². The number of anilines is 2. The molecule has 2 aromatic rings. The Hall–Kier alpha value is -2.48. The SMILES string of the molecule is CC(C)(O)Cn1ncc2c(N[C@@H]3CCCCN(C(=O)OC(C)(C)C)C3)c(N)ccc21. The summed E-state index contributed by atoms with van der Waals surface area (Å²) in [5.41, 5.74) is 7.29. The number of ether oxygens (including phenoxy) is 1. The van der Waals surface area contributed by atoms with Gasteiger partial charge in [-0.2, -0.15) is 5.10 Å². The molecule has 4 N–H and O–H groups in total. The Labute approximate surface area is 178 Å². The molecule has 1 amide bonds. The predicted molar refractivity (Wildman–Crippen MR) is 120 cm³/mol. The number of nitrogens with two attached hydrogens (primary N) is 1. The Kier molecular flexibility index (Phi) is 6.17. The lowest BCUT2D eigenvalue weighted by Gasteiger charge is -2.29. The molecule has 1 aromatic carbocycles. The van der Waals surface area contributed by atoms with Crippen LogP contribution in [0.4, 0.5) is 16.2 Å². The summed E-state index contributed by atoms with van der Waals surface area (Å²) in [6.07, 6.45) is 4.40. The third kappa shape index (κ3) is 5.56. The summed E-state index contributed by atoms with van der Waals surface area (Å²) in [5.74, 6) is 0. The number of aliphatic hydroxyl groups is 1. The lowest BCUT2D eigenvalue weighted by atomic mass is 10.1. The van der Waals surface area contributed by atoms with Crippen LogP contribution in [-0.4, -0.2) is 56.2 Å². The zero-order valence-corrected chi connectivity index (χ0v) is 18.7. The van der Waals surface area contributed by atoms with Crippen LogP contribution in [0.25, 0.3) is 10.9 Å². The van der Waals surface area contributed by atoms with Crippen molar-refractivity contribution in [3.05, 3.63) is 18.3 Å². The van der Waals surface area contributed by atoms with Crippen LogP contribution in [-0.2, 0) is 11.3 Å². The van der Waals surface area contributed by atoms with Gasteiger partial charge in [-0.05, 0) is 66.0 Å². The number of nitrogens with one attached hydrogen (secondary N) is 1. The molecule has 0 aliphatic carbocycles. The van der Waals surface area contributed by atoms with Gasteiger partial charge in [0.05, 0.1) is 35.2 Å². The summed E-state index contributed by atoms with van der Waals surface area (Å²) in [7, 11) is 0. The second-order valence-corrected chi connectivity index (χ2v) is 9.84. The number of carbonyl (C=O) groups excluding carboxylic acids is 1. The molecule has 1 aliphatic heterocycles. The van der Waals surface area contributed by atoms with E-state index in [1.165, 1.54) is 0 Å². The highest BCUT2D eigenvalue weighted by molar-refractivity contribution is 5.97. The minimum atomic E-state index is -0.872. The summed E-state index contributed by atoms with van der Waals surface area (Å²) in [6.45, 7) is 10.8. The van der Waals surface area contributed by atoms with Gasteiger partial charge in [0.1, 0.15) is 5.60 Å². The average Bonchev–Trinajstić information content (AvgIpc) is 2.84. The van der Waals surface area contributed by atoms with E-state index in [9.17, 15) is 9.90 Å². The third-order valence-electron chi connectivity index (χ3n) is 5.07. The van der Waals surface area contributed by atoms with E-state index in [1.807, 2.05) is 32.9 Å². The Bertz CT molecular complexity index is 895. The Morgan fingerprint density at radius 2 is 2.03 bits per heavy atom. The number of amides is 1. The van der Waals surface area contributed by atoms with Crippen LogP contribution in [0.15, 0.2) is 18.3 Å². The number of hydrogen-bond acceptors (Lipinski definition) is 6. The number of aromatic nitrogens is 2. The molecule has 30 heavy (non-hydrogen) atoms. The van der Waals surface area contributed by atoms with Gasteiger partial charge in [-0.1, -0.05) is 0 Å². The number of carbonyl (C=O) groups is 1. The maximum Gasteiger partial charge on any atom is 0.410 e.